The number of halogens is 1. The van der Waals surface area contributed by atoms with Crippen LogP contribution in [-0.4, -0.2) is 19.7 Å². The van der Waals surface area contributed by atoms with Gasteiger partial charge < -0.3 is 4.74 Å². The molecular weight excluding hydrogens is 431 g/mol. The van der Waals surface area contributed by atoms with Crippen molar-refractivity contribution < 1.29 is 9.13 Å². The first-order valence-electron chi connectivity index (χ1n) is 9.68. The lowest BCUT2D eigenvalue weighted by atomic mass is 10.1. The van der Waals surface area contributed by atoms with Crippen molar-refractivity contribution in [2.75, 3.05) is 0 Å². The largest absolute Gasteiger partial charge is 0.486 e. The Kier molecular flexibility index (Phi) is 6.79. The van der Waals surface area contributed by atoms with E-state index in [-0.39, 0.29) is 12.4 Å². The molecule has 0 bridgehead atoms. The van der Waals surface area contributed by atoms with Crippen LogP contribution in [0.4, 0.5) is 4.39 Å². The van der Waals surface area contributed by atoms with Crippen LogP contribution < -0.4 is 4.74 Å². The van der Waals surface area contributed by atoms with Gasteiger partial charge in [0.2, 0.25) is 0 Å². The second-order valence-electron chi connectivity index (χ2n) is 6.79. The van der Waals surface area contributed by atoms with Crippen molar-refractivity contribution in [2.24, 2.45) is 0 Å². The molecule has 0 aliphatic rings. The van der Waals surface area contributed by atoms with Gasteiger partial charge in [-0.15, -0.1) is 28.1 Å². The van der Waals surface area contributed by atoms with E-state index in [4.69, 9.17) is 9.72 Å². The molecule has 0 aliphatic heterocycles. The molecule has 0 atom stereocenters. The average molecular weight is 453 g/mol. The van der Waals surface area contributed by atoms with E-state index in [0.717, 1.165) is 15.9 Å². The van der Waals surface area contributed by atoms with Crippen LogP contribution in [0.3, 0.4) is 0 Å². The number of thioether (sulfide) groups is 1. The standard InChI is InChI=1S/C23H21FN4OS2/c1-3-12-28-21(13-29-19-10-8-17(24)9-11-19)26-27-23(28)31-15-18-14-30-22(25-18)20-7-5-4-6-16(20)2/h3-11,14H,1,12-13,15H2,2H3. The minimum Gasteiger partial charge on any atom is -0.486 e. The molecule has 0 unspecified atom stereocenters. The number of thiazole rings is 1. The fourth-order valence-corrected chi connectivity index (χ4v) is 4.85. The minimum absolute atomic E-state index is 0.237. The molecule has 4 rings (SSSR count). The number of benzene rings is 2. The van der Waals surface area contributed by atoms with Crippen molar-refractivity contribution in [1.82, 2.24) is 19.7 Å². The fourth-order valence-electron chi connectivity index (χ4n) is 2.97. The molecule has 2 aromatic heterocycles. The van der Waals surface area contributed by atoms with Gasteiger partial charge in [0.05, 0.1) is 5.69 Å². The highest BCUT2D eigenvalue weighted by Crippen LogP contribution is 2.29. The Morgan fingerprint density at radius 2 is 1.97 bits per heavy atom. The quantitative estimate of drug-likeness (QED) is 0.234. The van der Waals surface area contributed by atoms with E-state index >= 15 is 0 Å². The van der Waals surface area contributed by atoms with E-state index in [1.165, 1.54) is 23.3 Å². The molecule has 0 amide bonds. The Morgan fingerprint density at radius 1 is 1.16 bits per heavy atom. The van der Waals surface area contributed by atoms with Crippen LogP contribution in [-0.2, 0) is 18.9 Å². The Bertz CT molecular complexity index is 1170. The summed E-state index contributed by atoms with van der Waals surface area (Å²) in [6, 6.07) is 14.2. The van der Waals surface area contributed by atoms with E-state index < -0.39 is 0 Å². The van der Waals surface area contributed by atoms with E-state index in [2.05, 4.69) is 41.2 Å². The summed E-state index contributed by atoms with van der Waals surface area (Å²) in [7, 11) is 0. The molecule has 0 spiro atoms. The molecule has 31 heavy (non-hydrogen) atoms. The van der Waals surface area contributed by atoms with Gasteiger partial charge in [-0.2, -0.15) is 0 Å². The van der Waals surface area contributed by atoms with E-state index in [1.807, 2.05) is 16.7 Å². The SMILES string of the molecule is C=CCn1c(COc2ccc(F)cc2)nnc1SCc1csc(-c2ccccc2C)n1. The lowest BCUT2D eigenvalue weighted by Crippen LogP contribution is -2.07. The molecule has 0 aliphatic carbocycles. The van der Waals surface area contributed by atoms with E-state index in [1.54, 1.807) is 41.3 Å². The zero-order valence-corrected chi connectivity index (χ0v) is 18.6. The zero-order valence-electron chi connectivity index (χ0n) is 17.0. The molecule has 0 N–H and O–H groups in total. The van der Waals surface area contributed by atoms with E-state index in [0.29, 0.717) is 23.9 Å². The van der Waals surface area contributed by atoms with Crippen LogP contribution in [0.1, 0.15) is 17.1 Å². The van der Waals surface area contributed by atoms with Gasteiger partial charge in [-0.25, -0.2) is 9.37 Å². The Balaban J connectivity index is 1.43. The maximum atomic E-state index is 13.1. The number of allylic oxidation sites excluding steroid dienone is 1. The molecule has 5 nitrogen and oxygen atoms in total. The van der Waals surface area contributed by atoms with Crippen molar-refractivity contribution in [3.8, 4) is 16.3 Å². The van der Waals surface area contributed by atoms with Gasteiger partial charge >= 0.3 is 0 Å². The Morgan fingerprint density at radius 3 is 2.74 bits per heavy atom. The number of hydrogen-bond donors (Lipinski definition) is 0. The number of aromatic nitrogens is 4. The first-order chi connectivity index (χ1) is 15.1. The molecular formula is C23H21FN4OS2. The topological polar surface area (TPSA) is 52.8 Å². The number of rotatable bonds is 9. The molecule has 2 aromatic carbocycles. The molecule has 0 saturated carbocycles. The van der Waals surface area contributed by atoms with Gasteiger partial charge in [0.25, 0.3) is 0 Å². The Hall–Kier alpha value is -2.97. The van der Waals surface area contributed by atoms with Gasteiger partial charge in [-0.1, -0.05) is 42.1 Å². The number of ether oxygens (including phenoxy) is 1. The third-order valence-corrected chi connectivity index (χ3v) is 6.49. The molecule has 158 valence electrons. The molecule has 4 aromatic rings. The minimum atomic E-state index is -0.298. The van der Waals surface area contributed by atoms with E-state index in [9.17, 15) is 4.39 Å². The fraction of sp³-hybridized carbons (Fsp3) is 0.174. The molecule has 0 radical (unpaired) electrons. The maximum absolute atomic E-state index is 13.1. The summed E-state index contributed by atoms with van der Waals surface area (Å²) >= 11 is 3.23. The van der Waals surface area contributed by atoms with Gasteiger partial charge in [0, 0.05) is 23.2 Å². The highest BCUT2D eigenvalue weighted by Gasteiger charge is 2.14. The average Bonchev–Trinajstić information content (AvgIpc) is 3.40. The highest BCUT2D eigenvalue weighted by molar-refractivity contribution is 7.98. The normalized spacial score (nSPS) is 10.9. The third-order valence-electron chi connectivity index (χ3n) is 4.56. The number of aryl methyl sites for hydroxylation is 1. The molecule has 0 saturated heterocycles. The van der Waals surface area contributed by atoms with Crippen LogP contribution in [0.5, 0.6) is 5.75 Å². The summed E-state index contributed by atoms with van der Waals surface area (Å²) in [6.45, 7) is 6.74. The second kappa shape index (κ2) is 9.89. The van der Waals surface area contributed by atoms with Gasteiger partial charge in [-0.3, -0.25) is 4.57 Å². The Labute approximate surface area is 188 Å². The number of hydrogen-bond acceptors (Lipinski definition) is 6. The third kappa shape index (κ3) is 5.21. The van der Waals surface area contributed by atoms with Crippen LogP contribution in [0.2, 0.25) is 0 Å². The van der Waals surface area contributed by atoms with Gasteiger partial charge in [0.1, 0.15) is 23.2 Å². The van der Waals surface area contributed by atoms with Crippen molar-refractivity contribution in [1.29, 1.82) is 0 Å². The van der Waals surface area contributed by atoms with Crippen LogP contribution >= 0.6 is 23.1 Å². The molecule has 8 heteroatoms. The van der Waals surface area contributed by atoms with Crippen molar-refractivity contribution in [3.63, 3.8) is 0 Å². The summed E-state index contributed by atoms with van der Waals surface area (Å²) in [4.78, 5) is 4.79. The second-order valence-corrected chi connectivity index (χ2v) is 8.59. The lowest BCUT2D eigenvalue weighted by molar-refractivity contribution is 0.288. The monoisotopic (exact) mass is 452 g/mol. The van der Waals surface area contributed by atoms with Crippen molar-refractivity contribution >= 4 is 23.1 Å². The van der Waals surface area contributed by atoms with Crippen molar-refractivity contribution in [2.45, 2.75) is 31.0 Å². The van der Waals surface area contributed by atoms with Crippen molar-refractivity contribution in [3.05, 3.63) is 89.5 Å². The van der Waals surface area contributed by atoms with Gasteiger partial charge in [-0.05, 0) is 36.8 Å². The highest BCUT2D eigenvalue weighted by atomic mass is 32.2. The molecule has 2 heterocycles. The molecule has 0 fully saturated rings. The summed E-state index contributed by atoms with van der Waals surface area (Å²) in [5.74, 6) is 1.66. The lowest BCUT2D eigenvalue weighted by Gasteiger charge is -2.09. The van der Waals surface area contributed by atoms with Crippen LogP contribution in [0, 0.1) is 12.7 Å². The summed E-state index contributed by atoms with van der Waals surface area (Å²) in [6.07, 6.45) is 1.80. The first kappa shape index (κ1) is 21.3. The smallest absolute Gasteiger partial charge is 0.191 e. The predicted octanol–water partition coefficient (Wildman–Crippen LogP) is 5.91. The first-order valence-corrected chi connectivity index (χ1v) is 11.5. The van der Waals surface area contributed by atoms with Gasteiger partial charge in [0.15, 0.2) is 11.0 Å². The predicted molar refractivity (Wildman–Crippen MR) is 123 cm³/mol. The zero-order chi connectivity index (χ0) is 21.6. The summed E-state index contributed by atoms with van der Waals surface area (Å²) in [5.41, 5.74) is 3.39. The summed E-state index contributed by atoms with van der Waals surface area (Å²) in [5, 5.41) is 12.5. The summed E-state index contributed by atoms with van der Waals surface area (Å²) < 4.78 is 20.8. The maximum Gasteiger partial charge on any atom is 0.191 e. The van der Waals surface area contributed by atoms with Crippen LogP contribution in [0.15, 0.2) is 71.7 Å². The van der Waals surface area contributed by atoms with Crippen LogP contribution in [0.25, 0.3) is 10.6 Å². The number of nitrogens with zero attached hydrogens (tertiary/aromatic N) is 4.